The van der Waals surface area contributed by atoms with Gasteiger partial charge >= 0.3 is 0 Å². The standard InChI is InChI=1S/C24H25NSSi/c1-25(2)24(26-3)19-20-27(21-13-7-4-8-14-21,22-15-9-5-10-16-22)23-17-11-6-12-18-23/h4-18,24H,1-3H3. The summed E-state index contributed by atoms with van der Waals surface area (Å²) in [5.74, 6) is 3.61. The lowest BCUT2D eigenvalue weighted by Crippen LogP contribution is -2.66. The van der Waals surface area contributed by atoms with Gasteiger partial charge in [0.25, 0.3) is 0 Å². The summed E-state index contributed by atoms with van der Waals surface area (Å²) in [6, 6.07) is 32.4. The van der Waals surface area contributed by atoms with Gasteiger partial charge in [0.2, 0.25) is 8.07 Å². The normalized spacial score (nSPS) is 12.3. The van der Waals surface area contributed by atoms with E-state index in [1.165, 1.54) is 15.6 Å². The van der Waals surface area contributed by atoms with Crippen LogP contribution in [0.4, 0.5) is 0 Å². The second kappa shape index (κ2) is 9.10. The predicted molar refractivity (Wildman–Crippen MR) is 123 cm³/mol. The van der Waals surface area contributed by atoms with Crippen LogP contribution in [0.25, 0.3) is 0 Å². The highest BCUT2D eigenvalue weighted by atomic mass is 32.2. The molecule has 136 valence electrons. The van der Waals surface area contributed by atoms with Crippen LogP contribution in [-0.4, -0.2) is 38.7 Å². The van der Waals surface area contributed by atoms with Crippen molar-refractivity contribution in [2.75, 3.05) is 20.4 Å². The molecule has 0 N–H and O–H groups in total. The number of thioether (sulfide) groups is 1. The molecule has 1 nitrogen and oxygen atoms in total. The first-order valence-corrected chi connectivity index (χ1v) is 12.4. The zero-order valence-electron chi connectivity index (χ0n) is 16.1. The molecule has 1 unspecified atom stereocenters. The van der Waals surface area contributed by atoms with Crippen molar-refractivity contribution in [3.8, 4) is 11.5 Å². The Hall–Kier alpha value is -2.25. The minimum Gasteiger partial charge on any atom is -0.288 e. The molecule has 0 aliphatic rings. The fraction of sp³-hybridized carbons (Fsp3) is 0.167. The molecule has 0 heterocycles. The molecule has 0 saturated heterocycles. The molecule has 3 rings (SSSR count). The Morgan fingerprint density at radius 3 is 1.37 bits per heavy atom. The first-order valence-electron chi connectivity index (χ1n) is 9.07. The lowest BCUT2D eigenvalue weighted by Gasteiger charge is -2.28. The third-order valence-electron chi connectivity index (χ3n) is 4.70. The van der Waals surface area contributed by atoms with E-state index in [1.54, 1.807) is 11.8 Å². The molecular weight excluding hydrogens is 362 g/mol. The Morgan fingerprint density at radius 1 is 0.704 bits per heavy atom. The van der Waals surface area contributed by atoms with Crippen LogP contribution >= 0.6 is 11.8 Å². The van der Waals surface area contributed by atoms with Gasteiger partial charge in [-0.2, -0.15) is 0 Å². The summed E-state index contributed by atoms with van der Waals surface area (Å²) >= 11 is 1.78. The first-order chi connectivity index (χ1) is 13.2. The molecular formula is C24H25NSSi. The van der Waals surface area contributed by atoms with Crippen molar-refractivity contribution in [3.05, 3.63) is 91.0 Å². The third kappa shape index (κ3) is 4.19. The van der Waals surface area contributed by atoms with Gasteiger partial charge in [-0.05, 0) is 35.9 Å². The fourth-order valence-electron chi connectivity index (χ4n) is 3.35. The molecule has 0 amide bonds. The maximum atomic E-state index is 3.84. The minimum absolute atomic E-state index is 0.174. The molecule has 3 aromatic rings. The Kier molecular flexibility index (Phi) is 6.57. The molecule has 0 saturated carbocycles. The van der Waals surface area contributed by atoms with Crippen molar-refractivity contribution in [2.24, 2.45) is 0 Å². The quantitative estimate of drug-likeness (QED) is 0.287. The van der Waals surface area contributed by atoms with Gasteiger partial charge in [0.15, 0.2) is 0 Å². The monoisotopic (exact) mass is 387 g/mol. The number of hydrogen-bond acceptors (Lipinski definition) is 2. The summed E-state index contributed by atoms with van der Waals surface area (Å²) in [6.45, 7) is 0. The van der Waals surface area contributed by atoms with E-state index in [0.717, 1.165) is 0 Å². The molecule has 0 aliphatic heterocycles. The summed E-state index contributed by atoms with van der Waals surface area (Å²) in [6.07, 6.45) is 2.12. The van der Waals surface area contributed by atoms with Crippen molar-refractivity contribution in [3.63, 3.8) is 0 Å². The van der Waals surface area contributed by atoms with Gasteiger partial charge in [0, 0.05) is 0 Å². The lowest BCUT2D eigenvalue weighted by molar-refractivity contribution is 0.436. The van der Waals surface area contributed by atoms with E-state index in [-0.39, 0.29) is 5.37 Å². The van der Waals surface area contributed by atoms with Gasteiger partial charge in [-0.25, -0.2) is 0 Å². The number of hydrogen-bond donors (Lipinski definition) is 0. The topological polar surface area (TPSA) is 3.24 Å². The van der Waals surface area contributed by atoms with Crippen molar-refractivity contribution < 1.29 is 0 Å². The van der Waals surface area contributed by atoms with E-state index in [1.807, 2.05) is 0 Å². The second-order valence-corrected chi connectivity index (χ2v) is 11.1. The van der Waals surface area contributed by atoms with E-state index in [4.69, 9.17) is 0 Å². The Morgan fingerprint density at radius 2 is 1.07 bits per heavy atom. The maximum Gasteiger partial charge on any atom is 0.229 e. The minimum atomic E-state index is -2.45. The number of rotatable bonds is 5. The number of nitrogens with zero attached hydrogens (tertiary/aromatic N) is 1. The van der Waals surface area contributed by atoms with Crippen LogP contribution in [0.5, 0.6) is 0 Å². The lowest BCUT2D eigenvalue weighted by atomic mass is 10.3. The third-order valence-corrected chi connectivity index (χ3v) is 9.80. The molecule has 3 heteroatoms. The molecule has 3 aromatic carbocycles. The van der Waals surface area contributed by atoms with Crippen LogP contribution in [0.2, 0.25) is 0 Å². The summed E-state index contributed by atoms with van der Waals surface area (Å²) < 4.78 is 0. The second-order valence-electron chi connectivity index (χ2n) is 6.67. The van der Waals surface area contributed by atoms with Crippen LogP contribution in [0, 0.1) is 11.5 Å². The fourth-order valence-corrected chi connectivity index (χ4v) is 7.92. The molecule has 0 aliphatic carbocycles. The molecule has 27 heavy (non-hydrogen) atoms. The first kappa shape index (κ1) is 19.5. The molecule has 0 bridgehead atoms. The van der Waals surface area contributed by atoms with Gasteiger partial charge in [-0.3, -0.25) is 4.90 Å². The highest BCUT2D eigenvalue weighted by Gasteiger charge is 2.38. The van der Waals surface area contributed by atoms with E-state index in [9.17, 15) is 0 Å². The molecule has 0 aromatic heterocycles. The summed E-state index contributed by atoms with van der Waals surface area (Å²) in [5, 5.41) is 4.16. The van der Waals surface area contributed by atoms with Gasteiger partial charge < -0.3 is 0 Å². The van der Waals surface area contributed by atoms with Crippen LogP contribution < -0.4 is 15.6 Å². The Bertz CT molecular complexity index is 802. The van der Waals surface area contributed by atoms with Gasteiger partial charge in [-0.15, -0.1) is 17.3 Å². The molecule has 0 spiro atoms. The van der Waals surface area contributed by atoms with Crippen LogP contribution in [0.3, 0.4) is 0 Å². The summed E-state index contributed by atoms with van der Waals surface area (Å²) in [5.41, 5.74) is 3.84. The Balaban J connectivity index is 2.32. The zero-order chi connectivity index (χ0) is 19.1. The van der Waals surface area contributed by atoms with E-state index < -0.39 is 8.07 Å². The Labute approximate surface area is 168 Å². The smallest absolute Gasteiger partial charge is 0.229 e. The SMILES string of the molecule is CSC(C#C[Si](c1ccccc1)(c1ccccc1)c1ccccc1)N(C)C. The summed E-state index contributed by atoms with van der Waals surface area (Å²) in [4.78, 5) is 2.18. The number of benzene rings is 3. The van der Waals surface area contributed by atoms with Crippen molar-refractivity contribution in [2.45, 2.75) is 5.37 Å². The van der Waals surface area contributed by atoms with E-state index in [0.29, 0.717) is 0 Å². The van der Waals surface area contributed by atoms with Crippen molar-refractivity contribution in [1.82, 2.24) is 4.90 Å². The van der Waals surface area contributed by atoms with Crippen molar-refractivity contribution in [1.29, 1.82) is 0 Å². The molecule has 1 atom stereocenters. The van der Waals surface area contributed by atoms with Gasteiger partial charge in [0.1, 0.15) is 5.37 Å². The average Bonchev–Trinajstić information content (AvgIpc) is 2.73. The van der Waals surface area contributed by atoms with E-state index in [2.05, 4.69) is 128 Å². The van der Waals surface area contributed by atoms with Crippen molar-refractivity contribution >= 4 is 35.4 Å². The highest BCUT2D eigenvalue weighted by molar-refractivity contribution is 7.99. The average molecular weight is 388 g/mol. The maximum absolute atomic E-state index is 3.84. The van der Waals surface area contributed by atoms with Gasteiger partial charge in [0.05, 0.1) is 0 Å². The van der Waals surface area contributed by atoms with Crippen LogP contribution in [0.1, 0.15) is 0 Å². The predicted octanol–water partition coefficient (Wildman–Crippen LogP) is 2.95. The summed E-state index contributed by atoms with van der Waals surface area (Å²) in [7, 11) is 1.73. The van der Waals surface area contributed by atoms with Crippen LogP contribution in [-0.2, 0) is 0 Å². The highest BCUT2D eigenvalue weighted by Crippen LogP contribution is 2.11. The zero-order valence-corrected chi connectivity index (χ0v) is 17.9. The largest absolute Gasteiger partial charge is 0.288 e. The van der Waals surface area contributed by atoms with Crippen LogP contribution in [0.15, 0.2) is 91.0 Å². The van der Waals surface area contributed by atoms with E-state index >= 15 is 0 Å². The molecule has 0 fully saturated rings. The molecule has 0 radical (unpaired) electrons. The van der Waals surface area contributed by atoms with Gasteiger partial charge in [-0.1, -0.05) is 96.9 Å².